The van der Waals surface area contributed by atoms with Crippen LogP contribution in [0.15, 0.2) is 10.5 Å². The maximum Gasteiger partial charge on any atom is 0.148 e. The molecule has 0 radical (unpaired) electrons. The van der Waals surface area contributed by atoms with Gasteiger partial charge in [-0.25, -0.2) is 8.78 Å². The number of halogens is 3. The van der Waals surface area contributed by atoms with Gasteiger partial charge < -0.3 is 9.94 Å². The van der Waals surface area contributed by atoms with Crippen LogP contribution in [0.3, 0.4) is 0 Å². The summed E-state index contributed by atoms with van der Waals surface area (Å²) in [5.41, 5.74) is 0.0933. The third-order valence-corrected chi connectivity index (χ3v) is 2.56. The Morgan fingerprint density at radius 2 is 2.13 bits per heavy atom. The number of nitrogens with zero attached hydrogens (tertiary/aromatic N) is 1. The van der Waals surface area contributed by atoms with Crippen molar-refractivity contribution < 1.29 is 18.7 Å². The number of rotatable bonds is 3. The lowest BCUT2D eigenvalue weighted by Gasteiger charge is -2.14. The minimum absolute atomic E-state index is 0.0640. The first-order valence-electron chi connectivity index (χ1n) is 4.07. The van der Waals surface area contributed by atoms with E-state index >= 15 is 0 Å². The fourth-order valence-electron chi connectivity index (χ4n) is 1.17. The van der Waals surface area contributed by atoms with E-state index in [2.05, 4.69) is 15.9 Å². The Hall–Kier alpha value is -0.720. The molecule has 0 atom stereocenters. The van der Waals surface area contributed by atoms with Crippen LogP contribution in [0, 0.1) is 11.6 Å². The van der Waals surface area contributed by atoms with Crippen LogP contribution in [0.4, 0.5) is 8.78 Å². The van der Waals surface area contributed by atoms with Gasteiger partial charge in [-0.1, -0.05) is 0 Å². The maximum atomic E-state index is 13.6. The second-order valence-electron chi connectivity index (χ2n) is 2.98. The lowest BCUT2D eigenvalue weighted by atomic mass is 10.2. The van der Waals surface area contributed by atoms with Crippen molar-refractivity contribution in [3.63, 3.8) is 0 Å². The van der Waals surface area contributed by atoms with Gasteiger partial charge >= 0.3 is 0 Å². The van der Waals surface area contributed by atoms with E-state index in [1.165, 1.54) is 14.2 Å². The summed E-state index contributed by atoms with van der Waals surface area (Å²) in [7, 11) is 2.67. The molecule has 0 aliphatic rings. The average Bonchev–Trinajstić information content (AvgIpc) is 2.18. The predicted octanol–water partition coefficient (Wildman–Crippen LogP) is 2.56. The van der Waals surface area contributed by atoms with Crippen molar-refractivity contribution >= 4 is 15.9 Å². The molecule has 0 unspecified atom stereocenters. The molecule has 84 valence electrons. The highest BCUT2D eigenvalue weighted by atomic mass is 79.9. The largest absolute Gasteiger partial charge is 0.496 e. The van der Waals surface area contributed by atoms with E-state index in [-0.39, 0.29) is 22.3 Å². The zero-order valence-corrected chi connectivity index (χ0v) is 9.81. The summed E-state index contributed by atoms with van der Waals surface area (Å²) >= 11 is 2.78. The van der Waals surface area contributed by atoms with Crippen molar-refractivity contribution in [2.24, 2.45) is 0 Å². The molecular weight excluding hydrogens is 272 g/mol. The average molecular weight is 282 g/mol. The van der Waals surface area contributed by atoms with Gasteiger partial charge in [-0.2, -0.15) is 5.06 Å². The summed E-state index contributed by atoms with van der Waals surface area (Å²) in [6.45, 7) is -0.0894. The molecular formula is C9H10BrF2NO2. The number of hydroxylamine groups is 2. The van der Waals surface area contributed by atoms with Crippen molar-refractivity contribution in [3.05, 3.63) is 27.7 Å². The SMILES string of the molecule is COc1cc(F)c(Br)c(F)c1CN(C)O. The predicted molar refractivity (Wildman–Crippen MR) is 53.9 cm³/mol. The Kier molecular flexibility index (Phi) is 4.01. The summed E-state index contributed by atoms with van der Waals surface area (Å²) in [5.74, 6) is -1.45. The number of ether oxygens (including phenoxy) is 1. The molecule has 3 nitrogen and oxygen atoms in total. The van der Waals surface area contributed by atoms with E-state index in [1.54, 1.807) is 0 Å². The second-order valence-corrected chi connectivity index (χ2v) is 3.78. The molecule has 0 heterocycles. The number of benzene rings is 1. The molecule has 0 saturated heterocycles. The van der Waals surface area contributed by atoms with Gasteiger partial charge in [-0.3, -0.25) is 0 Å². The lowest BCUT2D eigenvalue weighted by molar-refractivity contribution is -0.0743. The van der Waals surface area contributed by atoms with Crippen molar-refractivity contribution in [2.45, 2.75) is 6.54 Å². The molecule has 1 aromatic carbocycles. The number of hydrogen-bond donors (Lipinski definition) is 1. The van der Waals surface area contributed by atoms with Crippen LogP contribution in [0.5, 0.6) is 5.75 Å². The highest BCUT2D eigenvalue weighted by Gasteiger charge is 2.18. The highest BCUT2D eigenvalue weighted by molar-refractivity contribution is 9.10. The number of hydrogen-bond acceptors (Lipinski definition) is 3. The summed E-state index contributed by atoms with van der Waals surface area (Å²) in [5, 5.41) is 9.80. The summed E-state index contributed by atoms with van der Waals surface area (Å²) in [4.78, 5) is 0. The standard InChI is InChI=1S/C9H10BrF2NO2/c1-13(14)4-5-7(15-2)3-6(11)8(10)9(5)12/h3,14H,4H2,1-2H3. The van der Waals surface area contributed by atoms with Gasteiger partial charge in [-0.05, 0) is 15.9 Å². The normalized spacial score (nSPS) is 10.9. The minimum atomic E-state index is -0.771. The van der Waals surface area contributed by atoms with Gasteiger partial charge in [-0.15, -0.1) is 0 Å². The Morgan fingerprint density at radius 3 is 2.60 bits per heavy atom. The van der Waals surface area contributed by atoms with Crippen LogP contribution in [0.2, 0.25) is 0 Å². The monoisotopic (exact) mass is 281 g/mol. The van der Waals surface area contributed by atoms with E-state index in [9.17, 15) is 8.78 Å². The third-order valence-electron chi connectivity index (χ3n) is 1.83. The van der Waals surface area contributed by atoms with Crippen molar-refractivity contribution in [2.75, 3.05) is 14.2 Å². The molecule has 1 rings (SSSR count). The third kappa shape index (κ3) is 2.64. The van der Waals surface area contributed by atoms with Crippen molar-refractivity contribution in [3.8, 4) is 5.75 Å². The maximum absolute atomic E-state index is 13.6. The van der Waals surface area contributed by atoms with Crippen LogP contribution >= 0.6 is 15.9 Å². The van der Waals surface area contributed by atoms with Crippen molar-refractivity contribution in [1.82, 2.24) is 5.06 Å². The highest BCUT2D eigenvalue weighted by Crippen LogP contribution is 2.30. The molecule has 0 aromatic heterocycles. The smallest absolute Gasteiger partial charge is 0.148 e. The lowest BCUT2D eigenvalue weighted by Crippen LogP contribution is -2.14. The van der Waals surface area contributed by atoms with Crippen LogP contribution in [-0.2, 0) is 6.54 Å². The van der Waals surface area contributed by atoms with Crippen molar-refractivity contribution in [1.29, 1.82) is 0 Å². The van der Waals surface area contributed by atoms with Gasteiger partial charge in [0, 0.05) is 18.7 Å². The van der Waals surface area contributed by atoms with E-state index in [1.807, 2.05) is 0 Å². The van der Waals surface area contributed by atoms with Gasteiger partial charge in [0.2, 0.25) is 0 Å². The van der Waals surface area contributed by atoms with Gasteiger partial charge in [0.05, 0.1) is 18.1 Å². The summed E-state index contributed by atoms with van der Waals surface area (Å²) in [6.07, 6.45) is 0. The fourth-order valence-corrected chi connectivity index (χ4v) is 1.52. The zero-order chi connectivity index (χ0) is 11.6. The van der Waals surface area contributed by atoms with E-state index in [4.69, 9.17) is 9.94 Å². The quantitative estimate of drug-likeness (QED) is 0.683. The topological polar surface area (TPSA) is 32.7 Å². The molecule has 0 amide bonds. The molecule has 1 N–H and O–H groups in total. The molecule has 6 heteroatoms. The molecule has 0 aliphatic carbocycles. The molecule has 1 aromatic rings. The Labute approximate surface area is 94.3 Å². The number of methoxy groups -OCH3 is 1. The van der Waals surface area contributed by atoms with Gasteiger partial charge in [0.25, 0.3) is 0 Å². The second kappa shape index (κ2) is 4.87. The molecule has 0 saturated carbocycles. The van der Waals surface area contributed by atoms with Crippen LogP contribution in [0.1, 0.15) is 5.56 Å². The van der Waals surface area contributed by atoms with E-state index in [0.29, 0.717) is 0 Å². The first-order chi connectivity index (χ1) is 6.97. The zero-order valence-electron chi connectivity index (χ0n) is 8.22. The summed E-state index contributed by atoms with van der Waals surface area (Å²) < 4.78 is 31.2. The molecule has 0 aliphatic heterocycles. The van der Waals surface area contributed by atoms with Crippen LogP contribution in [-0.4, -0.2) is 24.4 Å². The molecule has 0 fully saturated rings. The first-order valence-corrected chi connectivity index (χ1v) is 4.87. The molecule has 0 bridgehead atoms. The molecule has 15 heavy (non-hydrogen) atoms. The van der Waals surface area contributed by atoms with Gasteiger partial charge in [0.15, 0.2) is 0 Å². The van der Waals surface area contributed by atoms with Crippen LogP contribution in [0.25, 0.3) is 0 Å². The van der Waals surface area contributed by atoms with E-state index in [0.717, 1.165) is 11.1 Å². The Morgan fingerprint density at radius 1 is 1.53 bits per heavy atom. The Bertz CT molecular complexity index is 372. The van der Waals surface area contributed by atoms with Crippen LogP contribution < -0.4 is 4.74 Å². The first kappa shape index (κ1) is 12.4. The minimum Gasteiger partial charge on any atom is -0.496 e. The molecule has 0 spiro atoms. The van der Waals surface area contributed by atoms with E-state index < -0.39 is 11.6 Å². The van der Waals surface area contributed by atoms with Gasteiger partial charge in [0.1, 0.15) is 17.4 Å². The Balaban J connectivity index is 3.27. The fraction of sp³-hybridized carbons (Fsp3) is 0.333. The summed E-state index contributed by atoms with van der Waals surface area (Å²) in [6, 6.07) is 1.06.